The van der Waals surface area contributed by atoms with Crippen LogP contribution in [0.4, 0.5) is 0 Å². The summed E-state index contributed by atoms with van der Waals surface area (Å²) < 4.78 is 5.85. The number of hydrogen-bond acceptors (Lipinski definition) is 4. The molecule has 0 aliphatic carbocycles. The standard InChI is InChI=1S/C28H39N3O3/c1-4-29(5-2)27(32)22-11-9-17-31(20-22)23-15-18-30(19-16-23)28(33)26-24-12-8-7-10-21(24)13-14-25(26)34-6-3/h7-8,10,12-14,22-23H,4-6,9,11,15-20H2,1-3H3. The first-order valence-corrected chi connectivity index (χ1v) is 13.0. The van der Waals surface area contributed by atoms with Gasteiger partial charge in [0.25, 0.3) is 5.91 Å². The minimum atomic E-state index is 0.0620. The van der Waals surface area contributed by atoms with Gasteiger partial charge in [0.15, 0.2) is 0 Å². The maximum absolute atomic E-state index is 13.7. The molecular formula is C28H39N3O3. The van der Waals surface area contributed by atoms with E-state index < -0.39 is 0 Å². The van der Waals surface area contributed by atoms with Gasteiger partial charge in [-0.05, 0) is 69.8 Å². The molecular weight excluding hydrogens is 426 g/mol. The van der Waals surface area contributed by atoms with Crippen LogP contribution in [0.1, 0.15) is 56.8 Å². The highest BCUT2D eigenvalue weighted by atomic mass is 16.5. The Bertz CT molecular complexity index is 996. The molecule has 0 bridgehead atoms. The minimum Gasteiger partial charge on any atom is -0.493 e. The molecule has 0 aromatic heterocycles. The first-order chi connectivity index (χ1) is 16.6. The molecule has 1 atom stereocenters. The molecule has 4 rings (SSSR count). The lowest BCUT2D eigenvalue weighted by Crippen LogP contribution is -2.52. The lowest BCUT2D eigenvalue weighted by atomic mass is 9.92. The van der Waals surface area contributed by atoms with E-state index in [4.69, 9.17) is 4.74 Å². The number of amides is 2. The summed E-state index contributed by atoms with van der Waals surface area (Å²) in [6, 6.07) is 12.4. The third-order valence-electron chi connectivity index (χ3n) is 7.55. The molecule has 34 heavy (non-hydrogen) atoms. The summed E-state index contributed by atoms with van der Waals surface area (Å²) >= 11 is 0. The van der Waals surface area contributed by atoms with Crippen LogP contribution in [0.3, 0.4) is 0 Å². The molecule has 6 heteroatoms. The fraction of sp³-hybridized carbons (Fsp3) is 0.571. The normalized spacial score (nSPS) is 19.9. The summed E-state index contributed by atoms with van der Waals surface area (Å²) in [6.45, 7) is 11.5. The molecule has 0 radical (unpaired) electrons. The summed E-state index contributed by atoms with van der Waals surface area (Å²) in [5.41, 5.74) is 0.682. The third-order valence-corrected chi connectivity index (χ3v) is 7.55. The molecule has 184 valence electrons. The molecule has 1 unspecified atom stereocenters. The summed E-state index contributed by atoms with van der Waals surface area (Å²) in [5.74, 6) is 1.15. The smallest absolute Gasteiger partial charge is 0.258 e. The molecule has 2 fully saturated rings. The Morgan fingerprint density at radius 1 is 0.971 bits per heavy atom. The Labute approximate surface area is 203 Å². The molecule has 0 spiro atoms. The van der Waals surface area contributed by atoms with Crippen LogP contribution in [-0.4, -0.2) is 78.4 Å². The number of carbonyl (C=O) groups is 2. The molecule has 2 saturated heterocycles. The van der Waals surface area contributed by atoms with Crippen LogP contribution in [0, 0.1) is 5.92 Å². The molecule has 2 heterocycles. The minimum absolute atomic E-state index is 0.0620. The fourth-order valence-corrected chi connectivity index (χ4v) is 5.67. The second-order valence-electron chi connectivity index (χ2n) is 9.46. The van der Waals surface area contributed by atoms with E-state index in [-0.39, 0.29) is 11.8 Å². The Kier molecular flexibility index (Phi) is 8.09. The van der Waals surface area contributed by atoms with E-state index in [1.807, 2.05) is 53.1 Å². The zero-order valence-corrected chi connectivity index (χ0v) is 21.0. The number of rotatable bonds is 7. The van der Waals surface area contributed by atoms with Crippen LogP contribution < -0.4 is 4.74 Å². The van der Waals surface area contributed by atoms with Gasteiger partial charge in [-0.25, -0.2) is 0 Å². The number of fused-ring (bicyclic) bond motifs is 1. The van der Waals surface area contributed by atoms with Crippen LogP contribution >= 0.6 is 0 Å². The van der Waals surface area contributed by atoms with Crippen LogP contribution in [0.2, 0.25) is 0 Å². The second-order valence-corrected chi connectivity index (χ2v) is 9.46. The lowest BCUT2D eigenvalue weighted by Gasteiger charge is -2.42. The zero-order chi connectivity index (χ0) is 24.1. The number of likely N-dealkylation sites (tertiary alicyclic amines) is 2. The Morgan fingerprint density at radius 2 is 1.71 bits per heavy atom. The van der Waals surface area contributed by atoms with Crippen LogP contribution in [-0.2, 0) is 4.79 Å². The highest BCUT2D eigenvalue weighted by molar-refractivity contribution is 6.09. The molecule has 2 aliphatic heterocycles. The average Bonchev–Trinajstić information content (AvgIpc) is 2.89. The van der Waals surface area contributed by atoms with Crippen molar-refractivity contribution in [2.24, 2.45) is 5.92 Å². The van der Waals surface area contributed by atoms with Crippen molar-refractivity contribution in [3.63, 3.8) is 0 Å². The van der Waals surface area contributed by atoms with Gasteiger partial charge < -0.3 is 14.5 Å². The van der Waals surface area contributed by atoms with Gasteiger partial charge in [-0.1, -0.05) is 30.3 Å². The van der Waals surface area contributed by atoms with Crippen molar-refractivity contribution in [1.82, 2.24) is 14.7 Å². The van der Waals surface area contributed by atoms with Crippen molar-refractivity contribution < 1.29 is 14.3 Å². The average molecular weight is 466 g/mol. The fourth-order valence-electron chi connectivity index (χ4n) is 5.67. The van der Waals surface area contributed by atoms with E-state index in [0.29, 0.717) is 29.9 Å². The van der Waals surface area contributed by atoms with E-state index in [1.54, 1.807) is 0 Å². The quantitative estimate of drug-likeness (QED) is 0.607. The number of ether oxygens (including phenoxy) is 1. The Morgan fingerprint density at radius 3 is 2.41 bits per heavy atom. The zero-order valence-electron chi connectivity index (χ0n) is 21.0. The Balaban J connectivity index is 1.43. The van der Waals surface area contributed by atoms with Crippen LogP contribution in [0.25, 0.3) is 10.8 Å². The Hall–Kier alpha value is -2.60. The highest BCUT2D eigenvalue weighted by Crippen LogP contribution is 2.31. The monoisotopic (exact) mass is 465 g/mol. The van der Waals surface area contributed by atoms with Crippen LogP contribution in [0.5, 0.6) is 5.75 Å². The maximum Gasteiger partial charge on any atom is 0.258 e. The van der Waals surface area contributed by atoms with Crippen molar-refractivity contribution in [1.29, 1.82) is 0 Å². The summed E-state index contributed by atoms with van der Waals surface area (Å²) in [4.78, 5) is 33.0. The number of benzene rings is 2. The summed E-state index contributed by atoms with van der Waals surface area (Å²) in [6.07, 6.45) is 3.97. The van der Waals surface area contributed by atoms with Crippen LogP contribution in [0.15, 0.2) is 36.4 Å². The topological polar surface area (TPSA) is 53.1 Å². The van der Waals surface area contributed by atoms with Gasteiger partial charge in [-0.3, -0.25) is 14.5 Å². The predicted molar refractivity (Wildman–Crippen MR) is 136 cm³/mol. The van der Waals surface area contributed by atoms with Gasteiger partial charge in [0.2, 0.25) is 5.91 Å². The number of hydrogen-bond donors (Lipinski definition) is 0. The van der Waals surface area contributed by atoms with Gasteiger partial charge in [-0.15, -0.1) is 0 Å². The van der Waals surface area contributed by atoms with Crippen molar-refractivity contribution in [3.05, 3.63) is 42.0 Å². The van der Waals surface area contributed by atoms with Gasteiger partial charge in [0.05, 0.1) is 18.1 Å². The highest BCUT2D eigenvalue weighted by Gasteiger charge is 2.34. The summed E-state index contributed by atoms with van der Waals surface area (Å²) in [7, 11) is 0. The lowest BCUT2D eigenvalue weighted by molar-refractivity contribution is -0.137. The van der Waals surface area contributed by atoms with E-state index in [2.05, 4.69) is 18.7 Å². The molecule has 6 nitrogen and oxygen atoms in total. The predicted octanol–water partition coefficient (Wildman–Crippen LogP) is 4.42. The van der Waals surface area contributed by atoms with Crippen molar-refractivity contribution >= 4 is 22.6 Å². The van der Waals surface area contributed by atoms with E-state index in [1.165, 1.54) is 0 Å². The van der Waals surface area contributed by atoms with Gasteiger partial charge in [0.1, 0.15) is 5.75 Å². The second kappa shape index (κ2) is 11.2. The van der Waals surface area contributed by atoms with Gasteiger partial charge in [0, 0.05) is 38.8 Å². The third kappa shape index (κ3) is 5.07. The molecule has 2 aromatic rings. The molecule has 0 N–H and O–H groups in total. The molecule has 2 amide bonds. The molecule has 0 saturated carbocycles. The first kappa shape index (κ1) is 24.5. The molecule has 2 aromatic carbocycles. The SMILES string of the molecule is CCOc1ccc2ccccc2c1C(=O)N1CCC(N2CCCC(C(=O)N(CC)CC)C2)CC1. The largest absolute Gasteiger partial charge is 0.493 e. The maximum atomic E-state index is 13.7. The molecule has 2 aliphatic rings. The summed E-state index contributed by atoms with van der Waals surface area (Å²) in [5, 5.41) is 2.01. The van der Waals surface area contributed by atoms with Gasteiger partial charge in [-0.2, -0.15) is 0 Å². The number of carbonyl (C=O) groups excluding carboxylic acids is 2. The number of nitrogens with zero attached hydrogens (tertiary/aromatic N) is 3. The first-order valence-electron chi connectivity index (χ1n) is 13.0. The number of piperidine rings is 2. The van der Waals surface area contributed by atoms with E-state index >= 15 is 0 Å². The van der Waals surface area contributed by atoms with Crippen molar-refractivity contribution in [2.75, 3.05) is 45.9 Å². The van der Waals surface area contributed by atoms with Gasteiger partial charge >= 0.3 is 0 Å². The van der Waals surface area contributed by atoms with E-state index in [9.17, 15) is 9.59 Å². The van der Waals surface area contributed by atoms with E-state index in [0.717, 1.165) is 75.7 Å². The van der Waals surface area contributed by atoms with Crippen molar-refractivity contribution in [3.8, 4) is 5.75 Å². The van der Waals surface area contributed by atoms with Crippen molar-refractivity contribution in [2.45, 2.75) is 52.5 Å².